The van der Waals surface area contributed by atoms with Crippen molar-refractivity contribution in [1.29, 1.82) is 0 Å². The molecule has 0 aliphatic rings. The van der Waals surface area contributed by atoms with Crippen LogP contribution in [0.4, 0.5) is 0 Å². The van der Waals surface area contributed by atoms with Gasteiger partial charge < -0.3 is 4.57 Å². The number of benzene rings is 2. The summed E-state index contributed by atoms with van der Waals surface area (Å²) in [6, 6.07) is 20.0. The summed E-state index contributed by atoms with van der Waals surface area (Å²) in [5, 5.41) is 5.24. The molecule has 0 fully saturated rings. The highest BCUT2D eigenvalue weighted by molar-refractivity contribution is 6.00. The number of rotatable bonds is 5. The van der Waals surface area contributed by atoms with Crippen LogP contribution >= 0.6 is 0 Å². The molecule has 0 atom stereocenters. The fourth-order valence-corrected chi connectivity index (χ4v) is 3.24. The molecule has 5 nitrogen and oxygen atoms in total. The van der Waals surface area contributed by atoms with Crippen molar-refractivity contribution in [1.82, 2.24) is 15.0 Å². The van der Waals surface area contributed by atoms with Crippen molar-refractivity contribution in [2.45, 2.75) is 13.5 Å². The Hall–Kier alpha value is -3.73. The van der Waals surface area contributed by atoms with E-state index in [1.165, 1.54) is 11.1 Å². The van der Waals surface area contributed by atoms with Gasteiger partial charge in [0.15, 0.2) is 0 Å². The number of nitrogens with zero attached hydrogens (tertiary/aromatic N) is 3. The van der Waals surface area contributed by atoms with Gasteiger partial charge in [0.1, 0.15) is 0 Å². The summed E-state index contributed by atoms with van der Waals surface area (Å²) in [7, 11) is 0. The number of aryl methyl sites for hydroxylation is 1. The second kappa shape index (κ2) is 7.88. The molecule has 0 aliphatic carbocycles. The second-order valence-corrected chi connectivity index (χ2v) is 6.65. The zero-order valence-electron chi connectivity index (χ0n) is 15.5. The first-order chi connectivity index (χ1) is 13.7. The number of hydrogen-bond acceptors (Lipinski definition) is 3. The van der Waals surface area contributed by atoms with Crippen molar-refractivity contribution in [3.05, 3.63) is 102 Å². The van der Waals surface area contributed by atoms with E-state index in [1.54, 1.807) is 30.7 Å². The summed E-state index contributed by atoms with van der Waals surface area (Å²) >= 11 is 0. The van der Waals surface area contributed by atoms with Crippen molar-refractivity contribution in [2.75, 3.05) is 0 Å². The van der Waals surface area contributed by atoms with Gasteiger partial charge in [-0.1, -0.05) is 48.0 Å². The van der Waals surface area contributed by atoms with Crippen LogP contribution in [0.5, 0.6) is 0 Å². The molecule has 0 spiro atoms. The molecule has 0 saturated carbocycles. The molecule has 1 N–H and O–H groups in total. The number of para-hydroxylation sites is 1. The summed E-state index contributed by atoms with van der Waals surface area (Å²) in [6.07, 6.45) is 6.92. The lowest BCUT2D eigenvalue weighted by atomic mass is 10.1. The minimum Gasteiger partial charge on any atom is -0.342 e. The highest BCUT2D eigenvalue weighted by Crippen LogP contribution is 2.21. The van der Waals surface area contributed by atoms with Crippen molar-refractivity contribution < 1.29 is 4.79 Å². The Kier molecular flexibility index (Phi) is 4.97. The summed E-state index contributed by atoms with van der Waals surface area (Å²) in [5.74, 6) is -0.262. The Balaban J connectivity index is 1.58. The average molecular weight is 368 g/mol. The van der Waals surface area contributed by atoms with E-state index in [1.807, 2.05) is 12.1 Å². The SMILES string of the molecule is Cc1cccc(Cn2cc(/C=N\NC(=O)c3ccncc3)c3ccccc32)c1. The fourth-order valence-electron chi connectivity index (χ4n) is 3.24. The van der Waals surface area contributed by atoms with Crippen LogP contribution in [0.15, 0.2) is 84.4 Å². The maximum Gasteiger partial charge on any atom is 0.271 e. The molecule has 2 heterocycles. The van der Waals surface area contributed by atoms with Crippen LogP contribution in [0.2, 0.25) is 0 Å². The first-order valence-corrected chi connectivity index (χ1v) is 9.07. The van der Waals surface area contributed by atoms with Gasteiger partial charge in [0, 0.05) is 47.2 Å². The molecular weight excluding hydrogens is 348 g/mol. The zero-order chi connectivity index (χ0) is 19.3. The van der Waals surface area contributed by atoms with Crippen molar-refractivity contribution in [3.8, 4) is 0 Å². The van der Waals surface area contributed by atoms with Crippen molar-refractivity contribution in [2.24, 2.45) is 5.10 Å². The third-order valence-electron chi connectivity index (χ3n) is 4.57. The van der Waals surface area contributed by atoms with E-state index < -0.39 is 0 Å². The van der Waals surface area contributed by atoms with Crippen LogP contribution in [-0.4, -0.2) is 21.7 Å². The highest BCUT2D eigenvalue weighted by atomic mass is 16.2. The van der Waals surface area contributed by atoms with Crippen LogP contribution in [0.1, 0.15) is 27.0 Å². The number of carbonyl (C=O) groups excluding carboxylic acids is 1. The second-order valence-electron chi connectivity index (χ2n) is 6.65. The number of amides is 1. The molecule has 138 valence electrons. The van der Waals surface area contributed by atoms with Gasteiger partial charge >= 0.3 is 0 Å². The number of nitrogens with one attached hydrogen (secondary N) is 1. The molecule has 4 rings (SSSR count). The van der Waals surface area contributed by atoms with E-state index in [0.717, 1.165) is 23.0 Å². The van der Waals surface area contributed by atoms with Gasteiger partial charge in [-0.2, -0.15) is 5.10 Å². The van der Waals surface area contributed by atoms with Gasteiger partial charge in [-0.15, -0.1) is 0 Å². The lowest BCUT2D eigenvalue weighted by Crippen LogP contribution is -2.17. The van der Waals surface area contributed by atoms with Crippen LogP contribution in [0, 0.1) is 6.92 Å². The molecule has 28 heavy (non-hydrogen) atoms. The van der Waals surface area contributed by atoms with Gasteiger partial charge in [-0.3, -0.25) is 9.78 Å². The standard InChI is InChI=1S/C23H20N4O/c1-17-5-4-6-18(13-17)15-27-16-20(21-7-2-3-8-22(21)27)14-25-26-23(28)19-9-11-24-12-10-19/h2-14,16H,15H2,1H3,(H,26,28)/b25-14-. The third-order valence-corrected chi connectivity index (χ3v) is 4.57. The molecule has 0 bridgehead atoms. The molecule has 2 aromatic carbocycles. The Bertz CT molecular complexity index is 1150. The molecule has 2 aromatic heterocycles. The summed E-state index contributed by atoms with van der Waals surface area (Å²) in [4.78, 5) is 16.0. The molecule has 0 saturated heterocycles. The fraction of sp³-hybridized carbons (Fsp3) is 0.0870. The number of hydrazone groups is 1. The first-order valence-electron chi connectivity index (χ1n) is 9.07. The number of hydrogen-bond donors (Lipinski definition) is 1. The highest BCUT2D eigenvalue weighted by Gasteiger charge is 2.08. The van der Waals surface area contributed by atoms with Gasteiger partial charge in [0.2, 0.25) is 0 Å². The molecule has 4 aromatic rings. The smallest absolute Gasteiger partial charge is 0.271 e. The topological polar surface area (TPSA) is 59.3 Å². The predicted octanol–water partition coefficient (Wildman–Crippen LogP) is 4.16. The van der Waals surface area contributed by atoms with Gasteiger partial charge in [0.25, 0.3) is 5.91 Å². The van der Waals surface area contributed by atoms with Crippen molar-refractivity contribution >= 4 is 23.0 Å². The van der Waals surface area contributed by atoms with Crippen LogP contribution in [0.3, 0.4) is 0 Å². The average Bonchev–Trinajstić information content (AvgIpc) is 3.06. The van der Waals surface area contributed by atoms with E-state index in [-0.39, 0.29) is 5.91 Å². The Labute approximate surface area is 163 Å². The quantitative estimate of drug-likeness (QED) is 0.425. The minimum absolute atomic E-state index is 0.262. The Morgan fingerprint density at radius 3 is 2.75 bits per heavy atom. The van der Waals surface area contributed by atoms with Crippen LogP contribution in [-0.2, 0) is 6.54 Å². The predicted molar refractivity (Wildman–Crippen MR) is 112 cm³/mol. The van der Waals surface area contributed by atoms with Gasteiger partial charge in [-0.25, -0.2) is 5.43 Å². The van der Waals surface area contributed by atoms with E-state index in [0.29, 0.717) is 5.56 Å². The van der Waals surface area contributed by atoms with Crippen LogP contribution < -0.4 is 5.43 Å². The van der Waals surface area contributed by atoms with Crippen molar-refractivity contribution in [3.63, 3.8) is 0 Å². The monoisotopic (exact) mass is 368 g/mol. The van der Waals surface area contributed by atoms with Gasteiger partial charge in [-0.05, 0) is 30.7 Å². The molecule has 0 unspecified atom stereocenters. The molecule has 1 amide bonds. The molecule has 0 radical (unpaired) electrons. The van der Waals surface area contributed by atoms with E-state index >= 15 is 0 Å². The molecule has 5 heteroatoms. The lowest BCUT2D eigenvalue weighted by molar-refractivity contribution is 0.0955. The summed E-state index contributed by atoms with van der Waals surface area (Å²) in [6.45, 7) is 2.88. The largest absolute Gasteiger partial charge is 0.342 e. The number of pyridine rings is 1. The number of aromatic nitrogens is 2. The van der Waals surface area contributed by atoms with E-state index in [9.17, 15) is 4.79 Å². The Morgan fingerprint density at radius 2 is 1.93 bits per heavy atom. The van der Waals surface area contributed by atoms with Gasteiger partial charge in [0.05, 0.1) is 6.21 Å². The number of fused-ring (bicyclic) bond motifs is 1. The molecule has 0 aliphatic heterocycles. The van der Waals surface area contributed by atoms with E-state index in [2.05, 4.69) is 69.6 Å². The lowest BCUT2D eigenvalue weighted by Gasteiger charge is -2.06. The summed E-state index contributed by atoms with van der Waals surface area (Å²) < 4.78 is 2.20. The normalized spacial score (nSPS) is 11.2. The zero-order valence-corrected chi connectivity index (χ0v) is 15.5. The summed E-state index contributed by atoms with van der Waals surface area (Å²) in [5.41, 5.74) is 7.67. The third kappa shape index (κ3) is 3.83. The maximum absolute atomic E-state index is 12.1. The molecular formula is C23H20N4O. The van der Waals surface area contributed by atoms with Crippen LogP contribution in [0.25, 0.3) is 10.9 Å². The minimum atomic E-state index is -0.262. The Morgan fingerprint density at radius 1 is 1.11 bits per heavy atom. The number of carbonyl (C=O) groups is 1. The maximum atomic E-state index is 12.1. The van der Waals surface area contributed by atoms with E-state index in [4.69, 9.17) is 0 Å². The first kappa shape index (κ1) is 17.7.